The van der Waals surface area contributed by atoms with E-state index >= 15 is 0 Å². The van der Waals surface area contributed by atoms with Crippen LogP contribution in [0.25, 0.3) is 16.9 Å². The van der Waals surface area contributed by atoms with Crippen molar-refractivity contribution in [2.75, 3.05) is 0 Å². The molecule has 0 bridgehead atoms. The molecule has 0 aliphatic rings. The number of benzene rings is 1. The Kier molecular flexibility index (Phi) is 2.88. The van der Waals surface area contributed by atoms with Gasteiger partial charge in [0.25, 0.3) is 0 Å². The molecule has 3 nitrogen and oxygen atoms in total. The number of halogens is 2. The summed E-state index contributed by atoms with van der Waals surface area (Å²) in [4.78, 5) is 7.41. The molecule has 0 unspecified atom stereocenters. The molecule has 3 rings (SSSR count). The molecule has 0 spiro atoms. The lowest BCUT2D eigenvalue weighted by atomic mass is 10.3. The molecule has 19 heavy (non-hydrogen) atoms. The summed E-state index contributed by atoms with van der Waals surface area (Å²) in [7, 11) is 0. The van der Waals surface area contributed by atoms with Gasteiger partial charge in [-0.15, -0.1) is 0 Å². The number of imidazole rings is 1. The van der Waals surface area contributed by atoms with Crippen LogP contribution < -0.4 is 0 Å². The predicted octanol–water partition coefficient (Wildman–Crippen LogP) is 4.18. The smallest absolute Gasteiger partial charge is 0.184 e. The van der Waals surface area contributed by atoms with Gasteiger partial charge in [0, 0.05) is 10.7 Å². The number of aromatic nitrogens is 3. The highest BCUT2D eigenvalue weighted by molar-refractivity contribution is 7.71. The summed E-state index contributed by atoms with van der Waals surface area (Å²) in [5.41, 5.74) is 2.54. The number of hydrogen-bond donors (Lipinski definition) is 1. The maximum Gasteiger partial charge on any atom is 0.184 e. The van der Waals surface area contributed by atoms with E-state index < -0.39 is 5.82 Å². The maximum atomic E-state index is 14.0. The fourth-order valence-corrected chi connectivity index (χ4v) is 2.42. The number of aromatic amines is 1. The zero-order chi connectivity index (χ0) is 13.6. The number of hydrogen-bond acceptors (Lipinski definition) is 2. The zero-order valence-electron chi connectivity index (χ0n) is 9.95. The molecule has 3 aromatic rings. The standard InChI is InChI=1S/C13H9ClFN3S/c1-7-2-4-10-12(16-7)18(13(19)17-10)11-5-3-8(14)6-9(11)15/h2-6H,1H3,(H,17,19). The van der Waals surface area contributed by atoms with E-state index in [2.05, 4.69) is 9.97 Å². The molecule has 1 aromatic carbocycles. The number of nitrogens with zero attached hydrogens (tertiary/aromatic N) is 2. The van der Waals surface area contributed by atoms with E-state index in [1.165, 1.54) is 6.07 Å². The molecule has 0 saturated heterocycles. The average Bonchev–Trinajstić information content (AvgIpc) is 2.65. The second kappa shape index (κ2) is 4.43. The molecule has 0 fully saturated rings. The van der Waals surface area contributed by atoms with Crippen LogP contribution in [0.15, 0.2) is 30.3 Å². The van der Waals surface area contributed by atoms with E-state index in [0.717, 1.165) is 11.2 Å². The topological polar surface area (TPSA) is 33.6 Å². The monoisotopic (exact) mass is 293 g/mol. The molecule has 2 heterocycles. The lowest BCUT2D eigenvalue weighted by Crippen LogP contribution is -1.99. The number of aryl methyl sites for hydroxylation is 1. The summed E-state index contributed by atoms with van der Waals surface area (Å²) in [6, 6.07) is 8.21. The summed E-state index contributed by atoms with van der Waals surface area (Å²) in [6.07, 6.45) is 0. The van der Waals surface area contributed by atoms with Crippen molar-refractivity contribution >= 4 is 35.0 Å². The van der Waals surface area contributed by atoms with Gasteiger partial charge < -0.3 is 4.98 Å². The van der Waals surface area contributed by atoms with Crippen molar-refractivity contribution in [3.63, 3.8) is 0 Å². The third-order valence-electron chi connectivity index (χ3n) is 2.82. The van der Waals surface area contributed by atoms with Gasteiger partial charge in [-0.3, -0.25) is 4.57 Å². The first-order valence-electron chi connectivity index (χ1n) is 5.60. The second-order valence-electron chi connectivity index (χ2n) is 4.19. The molecule has 0 saturated carbocycles. The number of rotatable bonds is 1. The number of fused-ring (bicyclic) bond motifs is 1. The van der Waals surface area contributed by atoms with E-state index in [9.17, 15) is 4.39 Å². The van der Waals surface area contributed by atoms with Gasteiger partial charge in [-0.25, -0.2) is 9.37 Å². The first-order chi connectivity index (χ1) is 9.06. The summed E-state index contributed by atoms with van der Waals surface area (Å²) < 4.78 is 16.0. The molecule has 6 heteroatoms. The van der Waals surface area contributed by atoms with E-state index in [4.69, 9.17) is 23.8 Å². The van der Waals surface area contributed by atoms with Gasteiger partial charge in [0.2, 0.25) is 0 Å². The van der Waals surface area contributed by atoms with E-state index in [1.807, 2.05) is 19.1 Å². The Bertz CT molecular complexity index is 838. The van der Waals surface area contributed by atoms with Crippen molar-refractivity contribution in [2.45, 2.75) is 6.92 Å². The maximum absolute atomic E-state index is 14.0. The van der Waals surface area contributed by atoms with Crippen molar-refractivity contribution in [2.24, 2.45) is 0 Å². The Morgan fingerprint density at radius 2 is 2.11 bits per heavy atom. The minimum atomic E-state index is -0.437. The van der Waals surface area contributed by atoms with Crippen LogP contribution in [0.3, 0.4) is 0 Å². The van der Waals surface area contributed by atoms with E-state index in [1.54, 1.807) is 16.7 Å². The van der Waals surface area contributed by atoms with Crippen molar-refractivity contribution in [1.29, 1.82) is 0 Å². The summed E-state index contributed by atoms with van der Waals surface area (Å²) in [6.45, 7) is 1.87. The van der Waals surface area contributed by atoms with Gasteiger partial charge in [0.1, 0.15) is 5.82 Å². The highest BCUT2D eigenvalue weighted by Gasteiger charge is 2.12. The number of H-pyrrole nitrogens is 1. The molecule has 0 aliphatic heterocycles. The van der Waals surface area contributed by atoms with Gasteiger partial charge >= 0.3 is 0 Å². The summed E-state index contributed by atoms with van der Waals surface area (Å²) >= 11 is 11.0. The lowest BCUT2D eigenvalue weighted by Gasteiger charge is -2.06. The van der Waals surface area contributed by atoms with Crippen LogP contribution in [0, 0.1) is 17.5 Å². The van der Waals surface area contributed by atoms with Crippen LogP contribution in [-0.4, -0.2) is 14.5 Å². The Morgan fingerprint density at radius 3 is 2.84 bits per heavy atom. The highest BCUT2D eigenvalue weighted by Crippen LogP contribution is 2.23. The third-order valence-corrected chi connectivity index (χ3v) is 3.34. The third kappa shape index (κ3) is 2.05. The Balaban J connectivity index is 2.38. The Hall–Kier alpha value is -1.72. The SMILES string of the molecule is Cc1ccc2[nH]c(=S)n(-c3ccc(Cl)cc3F)c2n1. The largest absolute Gasteiger partial charge is 0.329 e. The van der Waals surface area contributed by atoms with Gasteiger partial charge in [-0.05, 0) is 49.5 Å². The fraction of sp³-hybridized carbons (Fsp3) is 0.0769. The predicted molar refractivity (Wildman–Crippen MR) is 76.0 cm³/mol. The number of pyridine rings is 1. The first-order valence-corrected chi connectivity index (χ1v) is 6.39. The van der Waals surface area contributed by atoms with Crippen LogP contribution in [-0.2, 0) is 0 Å². The van der Waals surface area contributed by atoms with Crippen molar-refractivity contribution in [3.8, 4) is 5.69 Å². The summed E-state index contributed by atoms with van der Waals surface area (Å²) in [5, 5.41) is 0.344. The minimum Gasteiger partial charge on any atom is -0.329 e. The molecule has 96 valence electrons. The van der Waals surface area contributed by atoms with Crippen LogP contribution in [0.5, 0.6) is 0 Å². The first kappa shape index (κ1) is 12.3. The van der Waals surface area contributed by atoms with Gasteiger partial charge in [-0.1, -0.05) is 11.6 Å². The zero-order valence-corrected chi connectivity index (χ0v) is 11.5. The van der Waals surface area contributed by atoms with Crippen LogP contribution in [0.2, 0.25) is 5.02 Å². The molecule has 0 radical (unpaired) electrons. The Labute approximate surface area is 118 Å². The van der Waals surface area contributed by atoms with E-state index in [0.29, 0.717) is 21.1 Å². The molecule has 0 atom stereocenters. The van der Waals surface area contributed by atoms with Crippen molar-refractivity contribution < 1.29 is 4.39 Å². The van der Waals surface area contributed by atoms with Crippen LogP contribution in [0.1, 0.15) is 5.69 Å². The van der Waals surface area contributed by atoms with Crippen LogP contribution >= 0.6 is 23.8 Å². The molecule has 0 aliphatic carbocycles. The van der Waals surface area contributed by atoms with Gasteiger partial charge in [0.15, 0.2) is 10.4 Å². The van der Waals surface area contributed by atoms with Crippen molar-refractivity contribution in [1.82, 2.24) is 14.5 Å². The van der Waals surface area contributed by atoms with Gasteiger partial charge in [0.05, 0.1) is 11.2 Å². The van der Waals surface area contributed by atoms with Gasteiger partial charge in [-0.2, -0.15) is 0 Å². The second-order valence-corrected chi connectivity index (χ2v) is 5.01. The van der Waals surface area contributed by atoms with E-state index in [-0.39, 0.29) is 0 Å². The molecular formula is C13H9ClFN3S. The highest BCUT2D eigenvalue weighted by atomic mass is 35.5. The fourth-order valence-electron chi connectivity index (χ4n) is 1.96. The molecule has 2 aromatic heterocycles. The Morgan fingerprint density at radius 1 is 1.32 bits per heavy atom. The lowest BCUT2D eigenvalue weighted by molar-refractivity contribution is 0.618. The minimum absolute atomic E-state index is 0.332. The molecular weight excluding hydrogens is 285 g/mol. The molecule has 0 amide bonds. The number of nitrogens with one attached hydrogen (secondary N) is 1. The quantitative estimate of drug-likeness (QED) is 0.683. The average molecular weight is 294 g/mol. The molecule has 1 N–H and O–H groups in total. The normalized spacial score (nSPS) is 11.1. The summed E-state index contributed by atoms with van der Waals surface area (Å²) in [5.74, 6) is -0.437. The van der Waals surface area contributed by atoms with Crippen molar-refractivity contribution in [3.05, 3.63) is 51.6 Å². The van der Waals surface area contributed by atoms with Crippen LogP contribution in [0.4, 0.5) is 4.39 Å².